The Morgan fingerprint density at radius 2 is 1.84 bits per heavy atom. The smallest absolute Gasteiger partial charge is 0.240 e. The van der Waals surface area contributed by atoms with E-state index < -0.39 is 15.6 Å². The number of ketones is 1. The second-order valence-corrected chi connectivity index (χ2v) is 10.3. The van der Waals surface area contributed by atoms with Gasteiger partial charge in [0.2, 0.25) is 15.9 Å². The Morgan fingerprint density at radius 3 is 2.45 bits per heavy atom. The molecule has 8 heteroatoms. The van der Waals surface area contributed by atoms with Gasteiger partial charge in [-0.2, -0.15) is 0 Å². The summed E-state index contributed by atoms with van der Waals surface area (Å²) in [6, 6.07) is 12.3. The van der Waals surface area contributed by atoms with Crippen LogP contribution < -0.4 is 14.9 Å². The number of nitrogens with zero attached hydrogens (tertiary/aromatic N) is 1. The van der Waals surface area contributed by atoms with Crippen LogP contribution in [0.25, 0.3) is 11.1 Å². The Bertz CT molecular complexity index is 1160. The lowest BCUT2D eigenvalue weighted by atomic mass is 9.73. The molecule has 4 rings (SSSR count). The van der Waals surface area contributed by atoms with Crippen molar-refractivity contribution in [1.82, 2.24) is 4.72 Å². The minimum atomic E-state index is -3.55. The number of Topliss-reactive ketones (excluding diaryl/α,β-unsaturated/α-hetero) is 1. The fraction of sp³-hybridized carbons (Fsp3) is 0.391. The second-order valence-electron chi connectivity index (χ2n) is 8.44. The minimum Gasteiger partial charge on any atom is -0.381 e. The number of carbonyl (C=O) groups excluding carboxylic acids is 2. The summed E-state index contributed by atoms with van der Waals surface area (Å²) in [5, 5.41) is 3.34. The van der Waals surface area contributed by atoms with Crippen LogP contribution in [0.15, 0.2) is 47.4 Å². The molecule has 31 heavy (non-hydrogen) atoms. The molecule has 0 saturated heterocycles. The first kappa shape index (κ1) is 21.5. The molecule has 1 heterocycles. The topological polar surface area (TPSA) is 95.6 Å². The van der Waals surface area contributed by atoms with Crippen molar-refractivity contribution in [1.29, 1.82) is 0 Å². The van der Waals surface area contributed by atoms with Gasteiger partial charge in [0.05, 0.1) is 16.3 Å². The van der Waals surface area contributed by atoms with E-state index in [-0.39, 0.29) is 22.5 Å². The number of sulfonamides is 1. The van der Waals surface area contributed by atoms with Crippen molar-refractivity contribution in [2.75, 3.05) is 23.8 Å². The first-order valence-corrected chi connectivity index (χ1v) is 11.9. The van der Waals surface area contributed by atoms with Gasteiger partial charge < -0.3 is 5.32 Å². The molecule has 2 aromatic carbocycles. The SMILES string of the molecule is CNS(=O)(=O)c1cccc(-c2ccc3c(c2)NC[C@@](C)(C(=O)C2CCC2)N3C(C)=O)c1. The number of nitrogens with one attached hydrogen (secondary N) is 2. The molecule has 164 valence electrons. The number of hydrogen-bond donors (Lipinski definition) is 2. The van der Waals surface area contributed by atoms with Crippen LogP contribution in [0, 0.1) is 5.92 Å². The van der Waals surface area contributed by atoms with Crippen molar-refractivity contribution in [3.8, 4) is 11.1 Å². The van der Waals surface area contributed by atoms with Crippen molar-refractivity contribution >= 4 is 33.1 Å². The Balaban J connectivity index is 1.73. The quantitative estimate of drug-likeness (QED) is 0.743. The molecule has 1 aliphatic heterocycles. The van der Waals surface area contributed by atoms with Crippen molar-refractivity contribution in [3.05, 3.63) is 42.5 Å². The van der Waals surface area contributed by atoms with Crippen LogP contribution in [-0.2, 0) is 19.6 Å². The number of carbonyl (C=O) groups is 2. The van der Waals surface area contributed by atoms with Gasteiger partial charge in [0.15, 0.2) is 5.78 Å². The molecule has 0 aromatic heterocycles. The molecule has 0 bridgehead atoms. The highest BCUT2D eigenvalue weighted by atomic mass is 32.2. The number of amides is 1. The lowest BCUT2D eigenvalue weighted by molar-refractivity contribution is -0.132. The maximum atomic E-state index is 13.2. The molecule has 1 aliphatic carbocycles. The number of fused-ring (bicyclic) bond motifs is 1. The number of rotatable bonds is 5. The third kappa shape index (κ3) is 3.64. The summed E-state index contributed by atoms with van der Waals surface area (Å²) in [4.78, 5) is 27.6. The molecule has 0 radical (unpaired) electrons. The number of anilines is 2. The van der Waals surface area contributed by atoms with Gasteiger partial charge in [0, 0.05) is 19.4 Å². The molecule has 1 atom stereocenters. The monoisotopic (exact) mass is 441 g/mol. The van der Waals surface area contributed by atoms with Crippen LogP contribution in [0.5, 0.6) is 0 Å². The predicted molar refractivity (Wildman–Crippen MR) is 121 cm³/mol. The van der Waals surface area contributed by atoms with E-state index in [4.69, 9.17) is 0 Å². The molecule has 2 N–H and O–H groups in total. The third-order valence-electron chi connectivity index (χ3n) is 6.42. The Hall–Kier alpha value is -2.71. The van der Waals surface area contributed by atoms with Crippen LogP contribution in [0.2, 0.25) is 0 Å². The van der Waals surface area contributed by atoms with E-state index in [1.54, 1.807) is 23.1 Å². The van der Waals surface area contributed by atoms with Crippen LogP contribution >= 0.6 is 0 Å². The molecule has 1 fully saturated rings. The van der Waals surface area contributed by atoms with Gasteiger partial charge in [0.25, 0.3) is 0 Å². The lowest BCUT2D eigenvalue weighted by Crippen LogP contribution is -2.63. The highest BCUT2D eigenvalue weighted by molar-refractivity contribution is 7.89. The number of benzene rings is 2. The molecule has 2 aromatic rings. The normalized spacial score (nSPS) is 21.1. The van der Waals surface area contributed by atoms with Gasteiger partial charge in [-0.25, -0.2) is 13.1 Å². The summed E-state index contributed by atoms with van der Waals surface area (Å²) >= 11 is 0. The summed E-state index contributed by atoms with van der Waals surface area (Å²) in [6.45, 7) is 3.67. The van der Waals surface area contributed by atoms with Crippen LogP contribution in [-0.4, -0.2) is 39.2 Å². The third-order valence-corrected chi connectivity index (χ3v) is 7.83. The first-order chi connectivity index (χ1) is 14.7. The summed E-state index contributed by atoms with van der Waals surface area (Å²) < 4.78 is 26.6. The van der Waals surface area contributed by atoms with E-state index in [9.17, 15) is 18.0 Å². The molecular weight excluding hydrogens is 414 g/mol. The molecule has 0 unspecified atom stereocenters. The Labute approximate surface area is 182 Å². The largest absolute Gasteiger partial charge is 0.381 e. The zero-order valence-corrected chi connectivity index (χ0v) is 18.8. The highest BCUT2D eigenvalue weighted by Gasteiger charge is 2.48. The van der Waals surface area contributed by atoms with Crippen molar-refractivity contribution < 1.29 is 18.0 Å². The van der Waals surface area contributed by atoms with E-state index in [0.717, 1.165) is 36.1 Å². The van der Waals surface area contributed by atoms with E-state index in [2.05, 4.69) is 10.0 Å². The van der Waals surface area contributed by atoms with Gasteiger partial charge in [-0.15, -0.1) is 0 Å². The van der Waals surface area contributed by atoms with E-state index in [1.807, 2.05) is 31.2 Å². The Kier molecular flexibility index (Phi) is 5.39. The summed E-state index contributed by atoms with van der Waals surface area (Å²) in [6.07, 6.45) is 2.83. The molecule has 0 spiro atoms. The van der Waals surface area contributed by atoms with E-state index >= 15 is 0 Å². The van der Waals surface area contributed by atoms with E-state index in [1.165, 1.54) is 14.0 Å². The van der Waals surface area contributed by atoms with Crippen LogP contribution in [0.4, 0.5) is 11.4 Å². The first-order valence-electron chi connectivity index (χ1n) is 10.4. The van der Waals surface area contributed by atoms with Crippen molar-refractivity contribution in [2.24, 2.45) is 5.92 Å². The Morgan fingerprint density at radius 1 is 1.13 bits per heavy atom. The predicted octanol–water partition coefficient (Wildman–Crippen LogP) is 3.17. The van der Waals surface area contributed by atoms with Gasteiger partial charge in [-0.05, 0) is 62.2 Å². The molecule has 1 amide bonds. The average molecular weight is 442 g/mol. The summed E-state index contributed by atoms with van der Waals surface area (Å²) in [7, 11) is -2.17. The van der Waals surface area contributed by atoms with Gasteiger partial charge in [0.1, 0.15) is 5.54 Å². The molecule has 7 nitrogen and oxygen atoms in total. The minimum absolute atomic E-state index is 0.0198. The highest BCUT2D eigenvalue weighted by Crippen LogP contribution is 2.42. The standard InChI is InChI=1S/C23H27N3O4S/c1-15(27)26-21-11-10-18(17-8-5-9-19(12-17)31(29,30)24-3)13-20(21)25-14-23(26,2)22(28)16-6-4-7-16/h5,8-13,16,24-25H,4,6-7,14H2,1-3H3/t23-/m0/s1. The van der Waals surface area contributed by atoms with Gasteiger partial charge in [-0.3, -0.25) is 14.5 Å². The van der Waals surface area contributed by atoms with E-state index in [0.29, 0.717) is 12.2 Å². The maximum Gasteiger partial charge on any atom is 0.240 e. The summed E-state index contributed by atoms with van der Waals surface area (Å²) in [5.74, 6) is -0.0414. The maximum absolute atomic E-state index is 13.2. The zero-order valence-electron chi connectivity index (χ0n) is 17.9. The fourth-order valence-corrected chi connectivity index (χ4v) is 5.23. The summed E-state index contributed by atoms with van der Waals surface area (Å²) in [5.41, 5.74) is 2.04. The molecule has 1 saturated carbocycles. The van der Waals surface area contributed by atoms with Crippen molar-refractivity contribution in [3.63, 3.8) is 0 Å². The second kappa shape index (κ2) is 7.76. The van der Waals surface area contributed by atoms with Crippen molar-refractivity contribution in [2.45, 2.75) is 43.5 Å². The average Bonchev–Trinajstić information content (AvgIpc) is 2.71. The molecule has 2 aliphatic rings. The number of hydrogen-bond acceptors (Lipinski definition) is 5. The van der Waals surface area contributed by atoms with Gasteiger partial charge >= 0.3 is 0 Å². The van der Waals surface area contributed by atoms with Crippen LogP contribution in [0.1, 0.15) is 33.1 Å². The fourth-order valence-electron chi connectivity index (χ4n) is 4.45. The van der Waals surface area contributed by atoms with Crippen LogP contribution in [0.3, 0.4) is 0 Å². The lowest BCUT2D eigenvalue weighted by Gasteiger charge is -2.47. The molecular formula is C23H27N3O4S. The van der Waals surface area contributed by atoms with Gasteiger partial charge in [-0.1, -0.05) is 24.6 Å². The zero-order chi connectivity index (χ0) is 22.4.